The summed E-state index contributed by atoms with van der Waals surface area (Å²) in [7, 11) is -2.65. The van der Waals surface area contributed by atoms with Crippen LogP contribution in [0.4, 0.5) is 5.69 Å². The zero-order valence-electron chi connectivity index (χ0n) is 11.6. The summed E-state index contributed by atoms with van der Waals surface area (Å²) in [6.45, 7) is 1.64. The van der Waals surface area contributed by atoms with Crippen molar-refractivity contribution in [3.63, 3.8) is 0 Å². The van der Waals surface area contributed by atoms with Crippen LogP contribution in [0.3, 0.4) is 0 Å². The molecule has 0 aliphatic rings. The standard InChI is InChI=1S/C13H12ClNO5S2/c1-7-11(6-12(14)21-7)22(18,19)15-8-3-4-9(10(16)5-8)13(17)20-2/h3-6,15-16H,1-2H3. The first-order chi connectivity index (χ1) is 10.2. The predicted octanol–water partition coefficient (Wildman–Crippen LogP) is 3.00. The van der Waals surface area contributed by atoms with E-state index in [4.69, 9.17) is 11.6 Å². The molecule has 1 aromatic carbocycles. The Morgan fingerprint density at radius 3 is 2.55 bits per heavy atom. The molecule has 2 aromatic rings. The number of benzene rings is 1. The zero-order valence-corrected chi connectivity index (χ0v) is 14.0. The molecule has 0 radical (unpaired) electrons. The average molecular weight is 362 g/mol. The number of aromatic hydroxyl groups is 1. The van der Waals surface area contributed by atoms with Crippen LogP contribution in [0.25, 0.3) is 0 Å². The minimum absolute atomic E-state index is 0.0554. The molecule has 0 saturated heterocycles. The summed E-state index contributed by atoms with van der Waals surface area (Å²) >= 11 is 6.96. The lowest BCUT2D eigenvalue weighted by Gasteiger charge is -2.09. The molecule has 22 heavy (non-hydrogen) atoms. The largest absolute Gasteiger partial charge is 0.507 e. The van der Waals surface area contributed by atoms with Crippen molar-refractivity contribution >= 4 is 44.6 Å². The van der Waals surface area contributed by atoms with Gasteiger partial charge in [-0.15, -0.1) is 11.3 Å². The Morgan fingerprint density at radius 2 is 2.05 bits per heavy atom. The molecule has 0 aliphatic carbocycles. The van der Waals surface area contributed by atoms with Crippen LogP contribution in [-0.2, 0) is 14.8 Å². The second kappa shape index (κ2) is 6.15. The van der Waals surface area contributed by atoms with Crippen LogP contribution >= 0.6 is 22.9 Å². The molecular weight excluding hydrogens is 350 g/mol. The minimum atomic E-state index is -3.83. The highest BCUT2D eigenvalue weighted by Gasteiger charge is 2.21. The van der Waals surface area contributed by atoms with E-state index < -0.39 is 16.0 Å². The van der Waals surface area contributed by atoms with Gasteiger partial charge in [0.15, 0.2) is 0 Å². The number of aryl methyl sites for hydroxylation is 1. The van der Waals surface area contributed by atoms with Crippen molar-refractivity contribution in [2.24, 2.45) is 0 Å². The van der Waals surface area contributed by atoms with Gasteiger partial charge in [-0.1, -0.05) is 11.6 Å². The van der Waals surface area contributed by atoms with E-state index >= 15 is 0 Å². The normalized spacial score (nSPS) is 11.2. The molecule has 118 valence electrons. The van der Waals surface area contributed by atoms with Crippen molar-refractivity contribution in [2.45, 2.75) is 11.8 Å². The van der Waals surface area contributed by atoms with Gasteiger partial charge in [-0.2, -0.15) is 0 Å². The summed E-state index contributed by atoms with van der Waals surface area (Å²) < 4.78 is 31.8. The van der Waals surface area contributed by atoms with Crippen LogP contribution in [-0.4, -0.2) is 26.6 Å². The van der Waals surface area contributed by atoms with Gasteiger partial charge in [-0.3, -0.25) is 4.72 Å². The number of methoxy groups -OCH3 is 1. The quantitative estimate of drug-likeness (QED) is 0.816. The van der Waals surface area contributed by atoms with Crippen LogP contribution in [0.1, 0.15) is 15.2 Å². The molecule has 0 spiro atoms. The van der Waals surface area contributed by atoms with Crippen molar-refractivity contribution in [1.82, 2.24) is 0 Å². The van der Waals surface area contributed by atoms with E-state index in [-0.39, 0.29) is 21.9 Å². The van der Waals surface area contributed by atoms with E-state index in [9.17, 15) is 18.3 Å². The number of carbonyl (C=O) groups excluding carboxylic acids is 1. The fraction of sp³-hybridized carbons (Fsp3) is 0.154. The number of hydrogen-bond donors (Lipinski definition) is 2. The number of carbonyl (C=O) groups is 1. The lowest BCUT2D eigenvalue weighted by Crippen LogP contribution is -2.13. The molecule has 9 heteroatoms. The van der Waals surface area contributed by atoms with Gasteiger partial charge in [0.1, 0.15) is 16.2 Å². The average Bonchev–Trinajstić information content (AvgIpc) is 2.77. The van der Waals surface area contributed by atoms with Gasteiger partial charge in [-0.25, -0.2) is 13.2 Å². The molecule has 0 aliphatic heterocycles. The third-order valence-electron chi connectivity index (χ3n) is 2.79. The first-order valence-electron chi connectivity index (χ1n) is 5.94. The van der Waals surface area contributed by atoms with Crippen molar-refractivity contribution in [3.8, 4) is 5.75 Å². The lowest BCUT2D eigenvalue weighted by molar-refractivity contribution is 0.0597. The summed E-state index contributed by atoms with van der Waals surface area (Å²) in [6, 6.07) is 5.11. The maximum atomic E-state index is 12.3. The first-order valence-corrected chi connectivity index (χ1v) is 8.62. The molecule has 0 bridgehead atoms. The Labute approximate surface area is 136 Å². The van der Waals surface area contributed by atoms with Gasteiger partial charge in [0, 0.05) is 10.9 Å². The summed E-state index contributed by atoms with van der Waals surface area (Å²) in [4.78, 5) is 12.0. The number of ether oxygens (including phenoxy) is 1. The maximum Gasteiger partial charge on any atom is 0.341 e. The number of halogens is 1. The Kier molecular flexibility index (Phi) is 4.64. The van der Waals surface area contributed by atoms with Gasteiger partial charge >= 0.3 is 5.97 Å². The van der Waals surface area contributed by atoms with Crippen LogP contribution < -0.4 is 4.72 Å². The van der Waals surface area contributed by atoms with Gasteiger partial charge in [0.2, 0.25) is 0 Å². The predicted molar refractivity (Wildman–Crippen MR) is 84.3 cm³/mol. The molecule has 0 saturated carbocycles. The molecule has 2 rings (SSSR count). The molecule has 6 nitrogen and oxygen atoms in total. The topological polar surface area (TPSA) is 92.7 Å². The van der Waals surface area contributed by atoms with Crippen molar-refractivity contribution in [1.29, 1.82) is 0 Å². The highest BCUT2D eigenvalue weighted by atomic mass is 35.5. The second-order valence-electron chi connectivity index (χ2n) is 4.30. The first kappa shape index (κ1) is 16.6. The van der Waals surface area contributed by atoms with Gasteiger partial charge in [0.05, 0.1) is 17.1 Å². The molecule has 0 unspecified atom stereocenters. The van der Waals surface area contributed by atoms with Crippen molar-refractivity contribution in [2.75, 3.05) is 11.8 Å². The fourth-order valence-corrected chi connectivity index (χ4v) is 4.66. The van der Waals surface area contributed by atoms with Crippen LogP contribution in [0.15, 0.2) is 29.2 Å². The monoisotopic (exact) mass is 361 g/mol. The molecule has 0 amide bonds. The minimum Gasteiger partial charge on any atom is -0.507 e. The van der Waals surface area contributed by atoms with Gasteiger partial charge < -0.3 is 9.84 Å². The lowest BCUT2D eigenvalue weighted by atomic mass is 10.2. The number of rotatable bonds is 4. The number of hydrogen-bond acceptors (Lipinski definition) is 6. The SMILES string of the molecule is COC(=O)c1ccc(NS(=O)(=O)c2cc(Cl)sc2C)cc1O. The summed E-state index contributed by atoms with van der Waals surface area (Å²) in [5, 5.41) is 9.76. The van der Waals surface area contributed by atoms with E-state index in [1.165, 1.54) is 25.3 Å². The van der Waals surface area contributed by atoms with Crippen LogP contribution in [0.2, 0.25) is 4.34 Å². The van der Waals surface area contributed by atoms with E-state index in [1.54, 1.807) is 6.92 Å². The number of phenolic OH excluding ortho intramolecular Hbond substituents is 1. The Balaban J connectivity index is 2.33. The van der Waals surface area contributed by atoms with Crippen LogP contribution in [0, 0.1) is 6.92 Å². The summed E-state index contributed by atoms with van der Waals surface area (Å²) in [5.41, 5.74) is 0.0621. The third-order valence-corrected chi connectivity index (χ3v) is 5.60. The molecule has 0 atom stereocenters. The summed E-state index contributed by atoms with van der Waals surface area (Å²) in [5.74, 6) is -1.10. The third kappa shape index (κ3) is 3.34. The van der Waals surface area contributed by atoms with Gasteiger partial charge in [0.25, 0.3) is 10.0 Å². The van der Waals surface area contributed by atoms with E-state index in [0.29, 0.717) is 9.21 Å². The van der Waals surface area contributed by atoms with Crippen LogP contribution in [0.5, 0.6) is 5.75 Å². The number of sulfonamides is 1. The van der Waals surface area contributed by atoms with Crippen molar-refractivity contribution < 1.29 is 23.1 Å². The van der Waals surface area contributed by atoms with E-state index in [1.807, 2.05) is 0 Å². The van der Waals surface area contributed by atoms with E-state index in [0.717, 1.165) is 17.4 Å². The number of nitrogens with one attached hydrogen (secondary N) is 1. The molecule has 0 fully saturated rings. The highest BCUT2D eigenvalue weighted by Crippen LogP contribution is 2.31. The summed E-state index contributed by atoms with van der Waals surface area (Å²) in [6.07, 6.45) is 0. The zero-order chi connectivity index (χ0) is 16.5. The fourth-order valence-electron chi connectivity index (χ4n) is 1.79. The highest BCUT2D eigenvalue weighted by molar-refractivity contribution is 7.93. The Bertz CT molecular complexity index is 829. The number of esters is 1. The number of phenols is 1. The molecule has 1 heterocycles. The Morgan fingerprint density at radius 1 is 1.36 bits per heavy atom. The molecule has 1 aromatic heterocycles. The van der Waals surface area contributed by atoms with Gasteiger partial charge in [-0.05, 0) is 25.1 Å². The number of anilines is 1. The Hall–Kier alpha value is -1.77. The molecule has 2 N–H and O–H groups in total. The van der Waals surface area contributed by atoms with E-state index in [2.05, 4.69) is 9.46 Å². The molecular formula is C13H12ClNO5S2. The smallest absolute Gasteiger partial charge is 0.341 e. The second-order valence-corrected chi connectivity index (χ2v) is 7.84. The maximum absolute atomic E-state index is 12.3. The van der Waals surface area contributed by atoms with Crippen molar-refractivity contribution in [3.05, 3.63) is 39.0 Å². The number of thiophene rings is 1.